The highest BCUT2D eigenvalue weighted by Gasteiger charge is 2.21. The van der Waals surface area contributed by atoms with Gasteiger partial charge in [0.25, 0.3) is 0 Å². The van der Waals surface area contributed by atoms with Crippen LogP contribution in [0, 0.1) is 6.92 Å². The first kappa shape index (κ1) is 9.98. The molecule has 0 spiro atoms. The monoisotopic (exact) mass is 212 g/mol. The fourth-order valence-corrected chi connectivity index (χ4v) is 2.85. The molecule has 5 heteroatoms. The van der Waals surface area contributed by atoms with Crippen molar-refractivity contribution in [2.75, 3.05) is 5.75 Å². The third kappa shape index (κ3) is 2.48. The molecule has 2 unspecified atom stereocenters. The van der Waals surface area contributed by atoms with Crippen molar-refractivity contribution in [3.8, 4) is 0 Å². The molecule has 2 heterocycles. The summed E-state index contributed by atoms with van der Waals surface area (Å²) in [5.41, 5.74) is 0. The molecule has 2 rings (SSSR count). The fourth-order valence-electron chi connectivity index (χ4n) is 1.66. The van der Waals surface area contributed by atoms with Gasteiger partial charge in [0.05, 0.1) is 6.54 Å². The lowest BCUT2D eigenvalue weighted by atomic mass is 10.2. The van der Waals surface area contributed by atoms with Gasteiger partial charge in [0.1, 0.15) is 5.82 Å². The van der Waals surface area contributed by atoms with E-state index in [1.807, 2.05) is 18.7 Å². The van der Waals surface area contributed by atoms with Crippen LogP contribution in [0.15, 0.2) is 0 Å². The molecular weight excluding hydrogens is 196 g/mol. The molecule has 2 N–H and O–H groups in total. The first-order chi connectivity index (χ1) is 6.74. The second-order valence-electron chi connectivity index (χ2n) is 3.79. The molecule has 0 amide bonds. The molecular formula is C9H16N4S. The van der Waals surface area contributed by atoms with Crippen LogP contribution in [0.25, 0.3) is 0 Å². The summed E-state index contributed by atoms with van der Waals surface area (Å²) in [5, 5.41) is 11.2. The normalized spacial score (nSPS) is 27.0. The molecule has 0 saturated carbocycles. The van der Waals surface area contributed by atoms with E-state index in [0.717, 1.165) is 23.4 Å². The zero-order valence-electron chi connectivity index (χ0n) is 8.58. The van der Waals surface area contributed by atoms with E-state index in [-0.39, 0.29) is 0 Å². The van der Waals surface area contributed by atoms with E-state index >= 15 is 0 Å². The van der Waals surface area contributed by atoms with Crippen molar-refractivity contribution in [3.05, 3.63) is 11.6 Å². The van der Waals surface area contributed by atoms with Gasteiger partial charge in [-0.2, -0.15) is 16.9 Å². The van der Waals surface area contributed by atoms with Gasteiger partial charge in [-0.1, -0.05) is 6.92 Å². The molecule has 0 radical (unpaired) electrons. The smallest absolute Gasteiger partial charge is 0.164 e. The van der Waals surface area contributed by atoms with Crippen LogP contribution in [0.3, 0.4) is 0 Å². The lowest BCUT2D eigenvalue weighted by Gasteiger charge is -2.08. The third-order valence-corrected chi connectivity index (χ3v) is 3.75. The van der Waals surface area contributed by atoms with Crippen molar-refractivity contribution in [2.24, 2.45) is 0 Å². The minimum atomic E-state index is 0.633. The van der Waals surface area contributed by atoms with Crippen LogP contribution in [0.2, 0.25) is 0 Å². The lowest BCUT2D eigenvalue weighted by Crippen LogP contribution is -2.28. The Bertz CT molecular complexity index is 299. The predicted molar refractivity (Wildman–Crippen MR) is 58.3 cm³/mol. The van der Waals surface area contributed by atoms with Crippen molar-refractivity contribution in [1.82, 2.24) is 20.5 Å². The van der Waals surface area contributed by atoms with E-state index in [4.69, 9.17) is 0 Å². The Hall–Kier alpha value is -0.550. The Kier molecular flexibility index (Phi) is 3.08. The molecule has 2 atom stereocenters. The second kappa shape index (κ2) is 4.31. The fraction of sp³-hybridized carbons (Fsp3) is 0.778. The summed E-state index contributed by atoms with van der Waals surface area (Å²) < 4.78 is 0. The van der Waals surface area contributed by atoms with E-state index < -0.39 is 0 Å². The number of hydrogen-bond donors (Lipinski definition) is 2. The van der Waals surface area contributed by atoms with Gasteiger partial charge in [-0.05, 0) is 13.3 Å². The van der Waals surface area contributed by atoms with Crippen molar-refractivity contribution in [1.29, 1.82) is 0 Å². The number of aromatic nitrogens is 3. The summed E-state index contributed by atoms with van der Waals surface area (Å²) >= 11 is 2.03. The summed E-state index contributed by atoms with van der Waals surface area (Å²) in [6.07, 6.45) is 1.26. The first-order valence-corrected chi connectivity index (χ1v) is 6.02. The standard InChI is InChI=1S/C9H16N4S/c1-6-3-8(5-14-6)10-4-9-11-7(2)12-13-9/h6,8,10H,3-5H2,1-2H3,(H,11,12,13). The van der Waals surface area contributed by atoms with Gasteiger partial charge in [0, 0.05) is 17.0 Å². The Morgan fingerprint density at radius 2 is 2.50 bits per heavy atom. The maximum atomic E-state index is 4.25. The lowest BCUT2D eigenvalue weighted by molar-refractivity contribution is 0.528. The zero-order valence-corrected chi connectivity index (χ0v) is 9.40. The average molecular weight is 212 g/mol. The van der Waals surface area contributed by atoms with Crippen LogP contribution in [-0.4, -0.2) is 32.2 Å². The number of H-pyrrole nitrogens is 1. The highest BCUT2D eigenvalue weighted by atomic mass is 32.2. The molecule has 0 bridgehead atoms. The molecule has 1 aliphatic rings. The molecule has 1 aromatic rings. The Morgan fingerprint density at radius 3 is 3.07 bits per heavy atom. The van der Waals surface area contributed by atoms with Gasteiger partial charge in [0.2, 0.25) is 0 Å². The van der Waals surface area contributed by atoms with E-state index in [1.165, 1.54) is 12.2 Å². The Labute approximate surface area is 88.3 Å². The zero-order chi connectivity index (χ0) is 9.97. The van der Waals surface area contributed by atoms with Gasteiger partial charge < -0.3 is 5.32 Å². The van der Waals surface area contributed by atoms with Gasteiger partial charge in [-0.25, -0.2) is 4.98 Å². The quantitative estimate of drug-likeness (QED) is 0.787. The Balaban J connectivity index is 1.77. The van der Waals surface area contributed by atoms with Crippen LogP contribution in [0.5, 0.6) is 0 Å². The number of rotatable bonds is 3. The van der Waals surface area contributed by atoms with Gasteiger partial charge in [-0.3, -0.25) is 5.10 Å². The van der Waals surface area contributed by atoms with Crippen molar-refractivity contribution in [2.45, 2.75) is 38.1 Å². The van der Waals surface area contributed by atoms with Crippen LogP contribution in [0.4, 0.5) is 0 Å². The molecule has 0 aliphatic carbocycles. The molecule has 1 aromatic heterocycles. The van der Waals surface area contributed by atoms with Crippen molar-refractivity contribution < 1.29 is 0 Å². The van der Waals surface area contributed by atoms with E-state index in [9.17, 15) is 0 Å². The molecule has 14 heavy (non-hydrogen) atoms. The number of hydrogen-bond acceptors (Lipinski definition) is 4. The van der Waals surface area contributed by atoms with Crippen molar-refractivity contribution >= 4 is 11.8 Å². The average Bonchev–Trinajstić information content (AvgIpc) is 2.72. The number of nitrogens with one attached hydrogen (secondary N) is 2. The second-order valence-corrected chi connectivity index (χ2v) is 5.27. The maximum Gasteiger partial charge on any atom is 0.164 e. The minimum Gasteiger partial charge on any atom is -0.306 e. The van der Waals surface area contributed by atoms with E-state index in [0.29, 0.717) is 6.04 Å². The SMILES string of the molecule is Cc1nc(CNC2CSC(C)C2)n[nH]1. The third-order valence-electron chi connectivity index (χ3n) is 2.39. The molecule has 78 valence electrons. The molecule has 1 saturated heterocycles. The summed E-state index contributed by atoms with van der Waals surface area (Å²) in [7, 11) is 0. The predicted octanol–water partition coefficient (Wildman–Crippen LogP) is 1.10. The largest absolute Gasteiger partial charge is 0.306 e. The van der Waals surface area contributed by atoms with E-state index in [2.05, 4.69) is 27.4 Å². The van der Waals surface area contributed by atoms with Crippen LogP contribution >= 0.6 is 11.8 Å². The van der Waals surface area contributed by atoms with Crippen LogP contribution in [-0.2, 0) is 6.54 Å². The van der Waals surface area contributed by atoms with Crippen molar-refractivity contribution in [3.63, 3.8) is 0 Å². The van der Waals surface area contributed by atoms with Gasteiger partial charge in [0.15, 0.2) is 5.82 Å². The van der Waals surface area contributed by atoms with Crippen LogP contribution in [0.1, 0.15) is 25.0 Å². The summed E-state index contributed by atoms with van der Waals surface area (Å²) in [6.45, 7) is 4.98. The highest BCUT2D eigenvalue weighted by molar-refractivity contribution is 8.00. The van der Waals surface area contributed by atoms with Gasteiger partial charge in [-0.15, -0.1) is 0 Å². The summed E-state index contributed by atoms with van der Waals surface area (Å²) in [5.74, 6) is 2.97. The summed E-state index contributed by atoms with van der Waals surface area (Å²) in [4.78, 5) is 4.25. The minimum absolute atomic E-state index is 0.633. The summed E-state index contributed by atoms with van der Waals surface area (Å²) in [6, 6.07) is 0.633. The Morgan fingerprint density at radius 1 is 1.64 bits per heavy atom. The van der Waals surface area contributed by atoms with Crippen LogP contribution < -0.4 is 5.32 Å². The number of aryl methyl sites for hydroxylation is 1. The number of aromatic amines is 1. The highest BCUT2D eigenvalue weighted by Crippen LogP contribution is 2.25. The molecule has 4 nitrogen and oxygen atoms in total. The molecule has 0 aromatic carbocycles. The molecule has 1 fully saturated rings. The number of nitrogens with zero attached hydrogens (tertiary/aromatic N) is 2. The topological polar surface area (TPSA) is 53.6 Å². The van der Waals surface area contributed by atoms with E-state index in [1.54, 1.807) is 0 Å². The molecule has 1 aliphatic heterocycles. The maximum absolute atomic E-state index is 4.25. The number of thioether (sulfide) groups is 1. The van der Waals surface area contributed by atoms with Gasteiger partial charge >= 0.3 is 0 Å². The first-order valence-electron chi connectivity index (χ1n) is 4.97.